The van der Waals surface area contributed by atoms with Crippen molar-refractivity contribution in [1.29, 1.82) is 0 Å². The van der Waals surface area contributed by atoms with Crippen LogP contribution in [-0.2, 0) is 16.4 Å². The molecule has 8 heteroatoms. The average molecular weight is 377 g/mol. The normalized spacial score (nSPS) is 18.0. The van der Waals surface area contributed by atoms with E-state index in [1.807, 2.05) is 12.1 Å². The lowest BCUT2D eigenvalue weighted by molar-refractivity contribution is 0.203. The topological polar surface area (TPSA) is 81.6 Å². The first-order chi connectivity index (χ1) is 12.5. The smallest absolute Gasteiger partial charge is 0.243 e. The third-order valence-corrected chi connectivity index (χ3v) is 6.17. The van der Waals surface area contributed by atoms with Gasteiger partial charge in [-0.2, -0.15) is 9.29 Å². The molecule has 1 aromatic carbocycles. The maximum absolute atomic E-state index is 12.8. The quantitative estimate of drug-likeness (QED) is 0.736. The fourth-order valence-electron chi connectivity index (χ4n) is 2.94. The van der Waals surface area contributed by atoms with Crippen molar-refractivity contribution in [2.24, 2.45) is 0 Å². The van der Waals surface area contributed by atoms with E-state index < -0.39 is 10.0 Å². The molecule has 7 nitrogen and oxygen atoms in total. The molecule has 1 unspecified atom stereocenters. The van der Waals surface area contributed by atoms with Gasteiger partial charge in [0.2, 0.25) is 21.8 Å². The molecule has 0 radical (unpaired) electrons. The van der Waals surface area contributed by atoms with Crippen LogP contribution in [-0.4, -0.2) is 49.0 Å². The van der Waals surface area contributed by atoms with E-state index in [0.29, 0.717) is 29.6 Å². The van der Waals surface area contributed by atoms with Crippen molar-refractivity contribution in [2.75, 3.05) is 20.2 Å². The Kier molecular flexibility index (Phi) is 5.73. The van der Waals surface area contributed by atoms with Gasteiger partial charge in [0, 0.05) is 6.54 Å². The summed E-state index contributed by atoms with van der Waals surface area (Å²) in [6.45, 7) is 2.81. The first-order valence-corrected chi connectivity index (χ1v) is 10.1. The summed E-state index contributed by atoms with van der Waals surface area (Å²) in [5, 5.41) is 0. The first kappa shape index (κ1) is 18.6. The molecule has 1 fully saturated rings. The Bertz CT molecular complexity index is 840. The van der Waals surface area contributed by atoms with E-state index in [1.54, 1.807) is 12.1 Å². The van der Waals surface area contributed by atoms with Crippen molar-refractivity contribution < 1.29 is 17.9 Å². The maximum atomic E-state index is 12.8. The van der Waals surface area contributed by atoms with E-state index in [4.69, 9.17) is 9.47 Å². The molecule has 1 saturated heterocycles. The second-order valence-corrected chi connectivity index (χ2v) is 8.12. The highest BCUT2D eigenvalue weighted by Crippen LogP contribution is 2.24. The molecule has 1 aliphatic heterocycles. The molecule has 140 valence electrons. The average Bonchev–Trinajstić information content (AvgIpc) is 3.12. The van der Waals surface area contributed by atoms with Gasteiger partial charge in [0.05, 0.1) is 30.9 Å². The van der Waals surface area contributed by atoms with Gasteiger partial charge in [-0.25, -0.2) is 8.42 Å². The van der Waals surface area contributed by atoms with Gasteiger partial charge in [0.1, 0.15) is 6.10 Å². The van der Waals surface area contributed by atoms with Gasteiger partial charge in [0.25, 0.3) is 0 Å². The second-order valence-electron chi connectivity index (χ2n) is 6.19. The predicted molar refractivity (Wildman–Crippen MR) is 96.8 cm³/mol. The van der Waals surface area contributed by atoms with E-state index in [1.165, 1.54) is 23.8 Å². The van der Waals surface area contributed by atoms with Crippen molar-refractivity contribution in [3.8, 4) is 11.8 Å². The minimum atomic E-state index is -3.52. The van der Waals surface area contributed by atoms with Gasteiger partial charge in [-0.1, -0.05) is 25.5 Å². The minimum Gasteiger partial charge on any atom is -0.480 e. The summed E-state index contributed by atoms with van der Waals surface area (Å²) in [6, 6.07) is 7.13. The van der Waals surface area contributed by atoms with Crippen molar-refractivity contribution >= 4 is 10.0 Å². The van der Waals surface area contributed by atoms with Crippen LogP contribution in [0, 0.1) is 0 Å². The van der Waals surface area contributed by atoms with Crippen LogP contribution in [0.15, 0.2) is 41.6 Å². The van der Waals surface area contributed by atoms with Crippen LogP contribution in [0.3, 0.4) is 0 Å². The molecule has 0 spiro atoms. The Morgan fingerprint density at radius 1 is 1.19 bits per heavy atom. The lowest BCUT2D eigenvalue weighted by atomic mass is 10.1. The molecule has 2 aromatic rings. The highest BCUT2D eigenvalue weighted by Gasteiger charge is 2.33. The van der Waals surface area contributed by atoms with E-state index in [0.717, 1.165) is 18.4 Å². The zero-order valence-corrected chi connectivity index (χ0v) is 15.8. The molecule has 0 saturated carbocycles. The van der Waals surface area contributed by atoms with E-state index in [9.17, 15) is 8.42 Å². The third kappa shape index (κ3) is 4.13. The standard InChI is InChI=1S/C18H23N3O4S/c1-3-4-14-5-7-16(8-6-14)26(22,23)21-10-9-15(13-21)25-18-12-19-11-17(20-18)24-2/h5-8,11-12,15H,3-4,9-10,13H2,1-2H3. The number of benzene rings is 1. The Hall–Kier alpha value is -2.19. The summed E-state index contributed by atoms with van der Waals surface area (Å²) in [4.78, 5) is 8.46. The first-order valence-electron chi connectivity index (χ1n) is 8.64. The highest BCUT2D eigenvalue weighted by molar-refractivity contribution is 7.89. The monoisotopic (exact) mass is 377 g/mol. The van der Waals surface area contributed by atoms with Gasteiger partial charge in [-0.05, 0) is 30.5 Å². The Balaban J connectivity index is 1.66. The van der Waals surface area contributed by atoms with Crippen molar-refractivity contribution in [3.05, 3.63) is 42.2 Å². The number of methoxy groups -OCH3 is 1. The molecule has 0 aliphatic carbocycles. The summed E-state index contributed by atoms with van der Waals surface area (Å²) in [5.74, 6) is 0.690. The summed E-state index contributed by atoms with van der Waals surface area (Å²) in [7, 11) is -2.01. The zero-order chi connectivity index (χ0) is 18.6. The summed E-state index contributed by atoms with van der Waals surface area (Å²) in [5.41, 5.74) is 1.14. The fraction of sp³-hybridized carbons (Fsp3) is 0.444. The molecule has 0 N–H and O–H groups in total. The lowest BCUT2D eigenvalue weighted by Gasteiger charge is -2.17. The van der Waals surface area contributed by atoms with Crippen LogP contribution >= 0.6 is 0 Å². The van der Waals surface area contributed by atoms with Gasteiger partial charge < -0.3 is 9.47 Å². The lowest BCUT2D eigenvalue weighted by Crippen LogP contribution is -2.31. The summed E-state index contributed by atoms with van der Waals surface area (Å²) >= 11 is 0. The highest BCUT2D eigenvalue weighted by atomic mass is 32.2. The van der Waals surface area contributed by atoms with Crippen LogP contribution in [0.1, 0.15) is 25.3 Å². The molecule has 2 heterocycles. The van der Waals surface area contributed by atoms with Crippen LogP contribution in [0.2, 0.25) is 0 Å². The molecule has 26 heavy (non-hydrogen) atoms. The van der Waals surface area contributed by atoms with Crippen molar-refractivity contribution in [2.45, 2.75) is 37.2 Å². The van der Waals surface area contributed by atoms with Gasteiger partial charge >= 0.3 is 0 Å². The number of hydrogen-bond donors (Lipinski definition) is 0. The number of nitrogens with zero attached hydrogens (tertiary/aromatic N) is 3. The molecular weight excluding hydrogens is 354 g/mol. The van der Waals surface area contributed by atoms with Crippen LogP contribution in [0.5, 0.6) is 11.8 Å². The van der Waals surface area contributed by atoms with Crippen LogP contribution in [0.25, 0.3) is 0 Å². The molecular formula is C18H23N3O4S. The molecule has 0 amide bonds. The summed E-state index contributed by atoms with van der Waals surface area (Å²) in [6.07, 6.45) is 5.30. The number of hydrogen-bond acceptors (Lipinski definition) is 6. The van der Waals surface area contributed by atoms with Gasteiger partial charge in [-0.15, -0.1) is 0 Å². The van der Waals surface area contributed by atoms with Crippen LogP contribution in [0.4, 0.5) is 0 Å². The van der Waals surface area contributed by atoms with Crippen LogP contribution < -0.4 is 9.47 Å². The van der Waals surface area contributed by atoms with E-state index in [2.05, 4.69) is 16.9 Å². The Labute approximate surface area is 154 Å². The van der Waals surface area contributed by atoms with Crippen molar-refractivity contribution in [1.82, 2.24) is 14.3 Å². The molecule has 0 bridgehead atoms. The number of ether oxygens (including phenoxy) is 2. The molecule has 1 aromatic heterocycles. The SMILES string of the molecule is CCCc1ccc(S(=O)(=O)N2CCC(Oc3cncc(OC)n3)C2)cc1. The number of aryl methyl sites for hydroxylation is 1. The van der Waals surface area contributed by atoms with E-state index in [-0.39, 0.29) is 12.6 Å². The number of rotatable bonds is 7. The maximum Gasteiger partial charge on any atom is 0.243 e. The second kappa shape index (κ2) is 8.01. The predicted octanol–water partition coefficient (Wildman–Crippen LogP) is 2.28. The molecule has 1 atom stereocenters. The molecule has 1 aliphatic rings. The summed E-state index contributed by atoms with van der Waals surface area (Å²) < 4.78 is 37.9. The van der Waals surface area contributed by atoms with Gasteiger partial charge in [0.15, 0.2) is 0 Å². The minimum absolute atomic E-state index is 0.259. The molecule has 3 rings (SSSR count). The Morgan fingerprint density at radius 3 is 2.62 bits per heavy atom. The third-order valence-electron chi connectivity index (χ3n) is 4.29. The van der Waals surface area contributed by atoms with E-state index >= 15 is 0 Å². The largest absolute Gasteiger partial charge is 0.480 e. The zero-order valence-electron chi connectivity index (χ0n) is 15.0. The fourth-order valence-corrected chi connectivity index (χ4v) is 4.42. The van der Waals surface area contributed by atoms with Crippen molar-refractivity contribution in [3.63, 3.8) is 0 Å². The van der Waals surface area contributed by atoms with Gasteiger partial charge in [-0.3, -0.25) is 4.98 Å². The number of aromatic nitrogens is 2. The number of sulfonamides is 1. The Morgan fingerprint density at radius 2 is 1.92 bits per heavy atom.